The number of carbonyl (C=O) groups is 2. The topological polar surface area (TPSA) is 186 Å². The van der Waals surface area contributed by atoms with Gasteiger partial charge in [0.15, 0.2) is 23.0 Å². The average Bonchev–Trinajstić information content (AvgIpc) is 3.93. The third-order valence-corrected chi connectivity index (χ3v) is 7.75. The number of nitrogens with zero attached hydrogens (tertiary/aromatic N) is 6. The molecule has 6 aromatic rings. The molecule has 8 rings (SSSR count). The number of esters is 1. The molecule has 0 aliphatic carbocycles. The van der Waals surface area contributed by atoms with E-state index < -0.39 is 24.5 Å². The molecule has 0 unspecified atom stereocenters. The summed E-state index contributed by atoms with van der Waals surface area (Å²) in [5, 5.41) is 14.9. The van der Waals surface area contributed by atoms with Crippen LogP contribution in [0.25, 0.3) is 11.6 Å². The van der Waals surface area contributed by atoms with Crippen molar-refractivity contribution >= 4 is 35.2 Å². The van der Waals surface area contributed by atoms with Gasteiger partial charge in [-0.3, -0.25) is 0 Å². The summed E-state index contributed by atoms with van der Waals surface area (Å²) >= 11 is 0. The molecule has 282 valence electrons. The van der Waals surface area contributed by atoms with Crippen LogP contribution in [0.1, 0.15) is 31.8 Å². The highest BCUT2D eigenvalue weighted by Gasteiger charge is 2.44. The number of benzene rings is 2. The Kier molecular flexibility index (Phi) is 9.08. The van der Waals surface area contributed by atoms with Gasteiger partial charge in [-0.1, -0.05) is 0 Å². The van der Waals surface area contributed by atoms with Crippen molar-refractivity contribution in [2.24, 2.45) is 0 Å². The highest BCUT2D eigenvalue weighted by atomic mass is 19.3. The van der Waals surface area contributed by atoms with E-state index in [1.807, 2.05) is 6.92 Å². The van der Waals surface area contributed by atoms with Crippen LogP contribution < -0.4 is 29.6 Å². The van der Waals surface area contributed by atoms with Crippen molar-refractivity contribution in [1.82, 2.24) is 29.1 Å². The quantitative estimate of drug-likeness (QED) is 0.109. The molecule has 55 heavy (non-hydrogen) atoms. The Morgan fingerprint density at radius 2 is 1.13 bits per heavy atom. The fraction of sp³-hybridized carbons (Fsp3) is 0.143. The molecule has 0 fully saturated rings. The van der Waals surface area contributed by atoms with Crippen LogP contribution in [-0.2, 0) is 4.74 Å². The maximum Gasteiger partial charge on any atom is 0.586 e. The Bertz CT molecular complexity index is 2460. The average molecular weight is 763 g/mol. The van der Waals surface area contributed by atoms with Gasteiger partial charge >= 0.3 is 24.5 Å². The summed E-state index contributed by atoms with van der Waals surface area (Å²) in [5.74, 6) is -0.354. The molecule has 0 radical (unpaired) electrons. The minimum Gasteiger partial charge on any atom is -0.478 e. The second-order valence-electron chi connectivity index (χ2n) is 11.7. The number of nitrogens with one attached hydrogen (secondary N) is 2. The van der Waals surface area contributed by atoms with Gasteiger partial charge in [0.1, 0.15) is 11.6 Å². The zero-order chi connectivity index (χ0) is 39.1. The van der Waals surface area contributed by atoms with Crippen molar-refractivity contribution in [2.75, 3.05) is 17.7 Å². The van der Waals surface area contributed by atoms with Crippen LogP contribution in [0.5, 0.6) is 23.0 Å². The first-order chi connectivity index (χ1) is 26.1. The first-order valence-corrected chi connectivity index (χ1v) is 15.8. The molecule has 16 nitrogen and oxygen atoms in total. The van der Waals surface area contributed by atoms with E-state index in [9.17, 15) is 27.2 Å². The monoisotopic (exact) mass is 762 g/mol. The van der Waals surface area contributed by atoms with Gasteiger partial charge in [0.2, 0.25) is 11.9 Å². The van der Waals surface area contributed by atoms with Gasteiger partial charge in [0.05, 0.1) is 18.2 Å². The van der Waals surface area contributed by atoms with Gasteiger partial charge in [-0.2, -0.15) is 9.97 Å². The number of hydrogen-bond acceptors (Lipinski definition) is 13. The second kappa shape index (κ2) is 13.9. The van der Waals surface area contributed by atoms with Crippen molar-refractivity contribution in [2.45, 2.75) is 26.4 Å². The largest absolute Gasteiger partial charge is 0.586 e. The maximum absolute atomic E-state index is 13.1. The zero-order valence-corrected chi connectivity index (χ0v) is 28.6. The van der Waals surface area contributed by atoms with Gasteiger partial charge in [0.25, 0.3) is 0 Å². The highest BCUT2D eigenvalue weighted by Crippen LogP contribution is 2.43. The van der Waals surface area contributed by atoms with Crippen LogP contribution in [0.2, 0.25) is 0 Å². The molecular formula is C35H26F4N8O8. The van der Waals surface area contributed by atoms with Crippen molar-refractivity contribution in [3.05, 3.63) is 108 Å². The summed E-state index contributed by atoms with van der Waals surface area (Å²) in [7, 11) is 1.30. The van der Waals surface area contributed by atoms with E-state index in [1.54, 1.807) is 53.1 Å². The minimum absolute atomic E-state index is 0.0521. The Morgan fingerprint density at radius 3 is 1.56 bits per heavy atom. The Morgan fingerprint density at radius 1 is 0.691 bits per heavy atom. The van der Waals surface area contributed by atoms with Crippen LogP contribution in [-0.4, -0.2) is 65.8 Å². The SMILES string of the molecule is COC(=O)c1ccn(-c2nc(Nc3ccc4c(c3)OC(F)(F)O4)ncc2C)c1.Cc1cnc(Nc2ccc3c(c2)OC(F)(F)O3)nc1-n1ccc(C(=O)O)c1. The molecule has 0 spiro atoms. The standard InChI is InChI=1S/C18H14F2N4O4.C17H12F2N4O4/c1-10-8-21-17(23-15(10)24-6-5-11(9-24)16(25)26-2)22-12-3-4-13-14(7-12)28-18(19,20)27-13;1-9-7-20-16(22-14(9)23-5-4-10(8-23)15(24)25)21-11-2-3-12-13(6-11)27-17(18,19)26-12/h3-9H,1-2H3,(H,21,22,23);2-8H,1H3,(H,24,25)(H,20,21,22). The summed E-state index contributed by atoms with van der Waals surface area (Å²) in [6, 6.07) is 11.5. The van der Waals surface area contributed by atoms with E-state index in [0.717, 1.165) is 11.1 Å². The van der Waals surface area contributed by atoms with Gasteiger partial charge in [-0.05, 0) is 50.2 Å². The lowest BCUT2D eigenvalue weighted by Crippen LogP contribution is -2.25. The Hall–Kier alpha value is -7.38. The number of carboxylic acid groups (broad SMARTS) is 1. The molecule has 4 aromatic heterocycles. The smallest absolute Gasteiger partial charge is 0.478 e. The molecule has 2 aliphatic rings. The van der Waals surface area contributed by atoms with Crippen LogP contribution in [0.4, 0.5) is 40.8 Å². The molecule has 0 saturated carbocycles. The summed E-state index contributed by atoms with van der Waals surface area (Å²) in [6.45, 7) is 3.60. The molecule has 0 atom stereocenters. The summed E-state index contributed by atoms with van der Waals surface area (Å²) in [5.41, 5.74) is 2.86. The number of methoxy groups -OCH3 is 1. The lowest BCUT2D eigenvalue weighted by atomic mass is 10.3. The third kappa shape index (κ3) is 7.87. The molecule has 2 aliphatic heterocycles. The van der Waals surface area contributed by atoms with Crippen LogP contribution >= 0.6 is 0 Å². The number of ether oxygens (including phenoxy) is 5. The molecule has 0 bridgehead atoms. The highest BCUT2D eigenvalue weighted by molar-refractivity contribution is 5.89. The fourth-order valence-corrected chi connectivity index (χ4v) is 5.24. The van der Waals surface area contributed by atoms with Crippen LogP contribution in [0, 0.1) is 13.8 Å². The predicted molar refractivity (Wildman–Crippen MR) is 182 cm³/mol. The maximum atomic E-state index is 13.1. The number of aromatic carboxylic acids is 1. The van der Waals surface area contributed by atoms with Crippen molar-refractivity contribution < 1.29 is 55.9 Å². The normalized spacial score (nSPS) is 14.1. The number of rotatable bonds is 8. The zero-order valence-electron chi connectivity index (χ0n) is 28.6. The predicted octanol–water partition coefficient (Wildman–Crippen LogP) is 6.77. The number of alkyl halides is 4. The van der Waals surface area contributed by atoms with Crippen molar-refractivity contribution in [1.29, 1.82) is 0 Å². The Balaban J connectivity index is 0.000000169. The van der Waals surface area contributed by atoms with Crippen molar-refractivity contribution in [3.63, 3.8) is 0 Å². The van der Waals surface area contributed by atoms with Crippen LogP contribution in [0.15, 0.2) is 85.7 Å². The number of carboxylic acids is 1. The van der Waals surface area contributed by atoms with Gasteiger partial charge < -0.3 is 48.6 Å². The van der Waals surface area contributed by atoms with Crippen LogP contribution in [0.3, 0.4) is 0 Å². The number of aryl methyl sites for hydroxylation is 2. The summed E-state index contributed by atoms with van der Waals surface area (Å²) in [6.07, 6.45) is 2.07. The molecule has 3 N–H and O–H groups in total. The van der Waals surface area contributed by atoms with E-state index in [-0.39, 0.29) is 40.5 Å². The number of aromatic nitrogens is 6. The lowest BCUT2D eigenvalue weighted by molar-refractivity contribution is -0.287. The second-order valence-corrected chi connectivity index (χ2v) is 11.7. The van der Waals surface area contributed by atoms with E-state index in [4.69, 9.17) is 9.84 Å². The third-order valence-electron chi connectivity index (χ3n) is 7.75. The number of halogens is 4. The van der Waals surface area contributed by atoms with Gasteiger partial charge in [-0.15, -0.1) is 17.6 Å². The molecule has 0 saturated heterocycles. The van der Waals surface area contributed by atoms with Gasteiger partial charge in [0, 0.05) is 71.8 Å². The van der Waals surface area contributed by atoms with E-state index >= 15 is 0 Å². The summed E-state index contributed by atoms with van der Waals surface area (Å²) in [4.78, 5) is 39.8. The van der Waals surface area contributed by atoms with E-state index in [0.29, 0.717) is 28.6 Å². The first kappa shape index (κ1) is 36.0. The van der Waals surface area contributed by atoms with E-state index in [1.165, 1.54) is 55.8 Å². The first-order valence-electron chi connectivity index (χ1n) is 15.8. The molecule has 6 heterocycles. The van der Waals surface area contributed by atoms with Crippen molar-refractivity contribution in [3.8, 4) is 34.6 Å². The molecular weight excluding hydrogens is 736 g/mol. The number of anilines is 4. The summed E-state index contributed by atoms with van der Waals surface area (Å²) < 4.78 is 78.0. The fourth-order valence-electron chi connectivity index (χ4n) is 5.24. The number of carbonyl (C=O) groups excluding carboxylic acids is 1. The number of hydrogen-bond donors (Lipinski definition) is 3. The Labute approximate surface area is 306 Å². The van der Waals surface area contributed by atoms with Gasteiger partial charge in [-0.25, -0.2) is 19.6 Å². The minimum atomic E-state index is -3.69. The number of fused-ring (bicyclic) bond motifs is 2. The lowest BCUT2D eigenvalue weighted by Gasteiger charge is -2.10. The van der Waals surface area contributed by atoms with E-state index in [2.05, 4.69) is 49.5 Å². The molecule has 20 heteroatoms. The molecule has 2 aromatic carbocycles. The molecule has 0 amide bonds.